The van der Waals surface area contributed by atoms with E-state index in [0.717, 1.165) is 17.2 Å². The van der Waals surface area contributed by atoms with Crippen LogP contribution in [0.15, 0.2) is 43.1 Å². The third-order valence-electron chi connectivity index (χ3n) is 2.94. The number of allylic oxidation sites excluding steroid dienone is 1. The molecule has 0 aliphatic heterocycles. The van der Waals surface area contributed by atoms with E-state index in [1.807, 2.05) is 30.7 Å². The smallest absolute Gasteiger partial charge is 0.203 e. The van der Waals surface area contributed by atoms with Crippen LogP contribution in [-0.2, 0) is 6.54 Å². The third kappa shape index (κ3) is 3.22. The zero-order valence-electron chi connectivity index (χ0n) is 11.2. The van der Waals surface area contributed by atoms with E-state index < -0.39 is 0 Å². The summed E-state index contributed by atoms with van der Waals surface area (Å²) in [6.45, 7) is 8.42. The van der Waals surface area contributed by atoms with Gasteiger partial charge >= 0.3 is 0 Å². The molecule has 1 N–H and O–H groups in total. The maximum atomic E-state index is 12.9. The van der Waals surface area contributed by atoms with Gasteiger partial charge < -0.3 is 9.88 Å². The molecule has 1 unspecified atom stereocenters. The molecule has 100 valence electrons. The highest BCUT2D eigenvalue weighted by atomic mass is 19.1. The number of imidazole rings is 1. The molecule has 0 radical (unpaired) electrons. The molecule has 1 heterocycles. The van der Waals surface area contributed by atoms with Crippen LogP contribution in [-0.4, -0.2) is 9.55 Å². The van der Waals surface area contributed by atoms with Crippen molar-refractivity contribution < 1.29 is 4.39 Å². The Morgan fingerprint density at radius 1 is 1.42 bits per heavy atom. The van der Waals surface area contributed by atoms with Crippen LogP contribution in [0.4, 0.5) is 10.3 Å². The van der Waals surface area contributed by atoms with Crippen LogP contribution >= 0.6 is 0 Å². The first-order chi connectivity index (χ1) is 9.10. The van der Waals surface area contributed by atoms with Crippen molar-refractivity contribution in [2.45, 2.75) is 26.4 Å². The number of halogens is 1. The average molecular weight is 259 g/mol. The van der Waals surface area contributed by atoms with Crippen molar-refractivity contribution >= 4 is 5.95 Å². The zero-order chi connectivity index (χ0) is 13.8. The van der Waals surface area contributed by atoms with Crippen LogP contribution in [0, 0.1) is 12.7 Å². The fourth-order valence-electron chi connectivity index (χ4n) is 1.97. The minimum absolute atomic E-state index is 0.0611. The number of nitrogens with one attached hydrogen (secondary N) is 1. The Labute approximate surface area is 112 Å². The second-order valence-corrected chi connectivity index (χ2v) is 4.56. The van der Waals surface area contributed by atoms with Crippen LogP contribution in [0.5, 0.6) is 0 Å². The monoisotopic (exact) mass is 259 g/mol. The second-order valence-electron chi connectivity index (χ2n) is 4.56. The number of benzene rings is 1. The Hall–Kier alpha value is -2.10. The summed E-state index contributed by atoms with van der Waals surface area (Å²) in [6.07, 6.45) is 3.80. The molecule has 1 atom stereocenters. The van der Waals surface area contributed by atoms with Gasteiger partial charge in [-0.1, -0.05) is 18.2 Å². The molecule has 3 nitrogen and oxygen atoms in total. The van der Waals surface area contributed by atoms with E-state index in [9.17, 15) is 4.39 Å². The average Bonchev–Trinajstić information content (AvgIpc) is 2.71. The highest BCUT2D eigenvalue weighted by Crippen LogP contribution is 2.19. The SMILES string of the molecule is C=CCn1cc(C)nc1NC(C)c1ccc(F)cc1. The van der Waals surface area contributed by atoms with Crippen molar-refractivity contribution in [2.75, 3.05) is 5.32 Å². The lowest BCUT2D eigenvalue weighted by Crippen LogP contribution is -2.11. The lowest BCUT2D eigenvalue weighted by atomic mass is 10.1. The van der Waals surface area contributed by atoms with Gasteiger partial charge in [0.2, 0.25) is 5.95 Å². The molecule has 0 amide bonds. The lowest BCUT2D eigenvalue weighted by Gasteiger charge is -2.15. The summed E-state index contributed by atoms with van der Waals surface area (Å²) in [5.41, 5.74) is 1.97. The van der Waals surface area contributed by atoms with Crippen molar-refractivity contribution in [3.8, 4) is 0 Å². The molecular weight excluding hydrogens is 241 g/mol. The fraction of sp³-hybridized carbons (Fsp3) is 0.267. The van der Waals surface area contributed by atoms with Gasteiger partial charge in [-0.05, 0) is 31.5 Å². The molecule has 0 aliphatic carbocycles. The standard InChI is InChI=1S/C15H18FN3/c1-4-9-19-10-11(2)17-15(19)18-12(3)13-5-7-14(16)8-6-13/h4-8,10,12H,1,9H2,2-3H3,(H,17,18). The van der Waals surface area contributed by atoms with Gasteiger partial charge in [0.15, 0.2) is 0 Å². The van der Waals surface area contributed by atoms with Gasteiger partial charge in [0.05, 0.1) is 11.7 Å². The third-order valence-corrected chi connectivity index (χ3v) is 2.94. The van der Waals surface area contributed by atoms with Crippen molar-refractivity contribution in [1.82, 2.24) is 9.55 Å². The zero-order valence-corrected chi connectivity index (χ0v) is 11.2. The largest absolute Gasteiger partial charge is 0.349 e. The predicted molar refractivity (Wildman–Crippen MR) is 75.6 cm³/mol. The lowest BCUT2D eigenvalue weighted by molar-refractivity contribution is 0.626. The second kappa shape index (κ2) is 5.69. The maximum Gasteiger partial charge on any atom is 0.203 e. The quantitative estimate of drug-likeness (QED) is 0.830. The molecule has 1 aromatic heterocycles. The van der Waals surface area contributed by atoms with E-state index in [-0.39, 0.29) is 11.9 Å². The Morgan fingerprint density at radius 3 is 2.74 bits per heavy atom. The first kappa shape index (κ1) is 13.3. The molecule has 0 bridgehead atoms. The fourth-order valence-corrected chi connectivity index (χ4v) is 1.97. The van der Waals surface area contributed by atoms with Crippen LogP contribution in [0.1, 0.15) is 24.2 Å². The molecule has 4 heteroatoms. The van der Waals surface area contributed by atoms with Crippen molar-refractivity contribution in [3.63, 3.8) is 0 Å². The van der Waals surface area contributed by atoms with E-state index in [4.69, 9.17) is 0 Å². The van der Waals surface area contributed by atoms with Gasteiger partial charge in [0.1, 0.15) is 5.82 Å². The first-order valence-electron chi connectivity index (χ1n) is 6.27. The number of aromatic nitrogens is 2. The van der Waals surface area contributed by atoms with Crippen LogP contribution in [0.2, 0.25) is 0 Å². The number of anilines is 1. The highest BCUT2D eigenvalue weighted by molar-refractivity contribution is 5.34. The summed E-state index contributed by atoms with van der Waals surface area (Å²) >= 11 is 0. The summed E-state index contributed by atoms with van der Waals surface area (Å²) in [5, 5.41) is 3.33. The van der Waals surface area contributed by atoms with E-state index in [2.05, 4.69) is 16.9 Å². The Kier molecular flexibility index (Phi) is 4.00. The summed E-state index contributed by atoms with van der Waals surface area (Å²) in [6, 6.07) is 6.55. The van der Waals surface area contributed by atoms with E-state index in [0.29, 0.717) is 6.54 Å². The van der Waals surface area contributed by atoms with Gasteiger partial charge in [-0.25, -0.2) is 9.37 Å². The minimum atomic E-state index is -0.222. The minimum Gasteiger partial charge on any atom is -0.349 e. The number of hydrogen-bond donors (Lipinski definition) is 1. The molecular formula is C15H18FN3. The van der Waals surface area contributed by atoms with E-state index in [1.54, 1.807) is 12.1 Å². The number of hydrogen-bond acceptors (Lipinski definition) is 2. The molecule has 2 rings (SSSR count). The van der Waals surface area contributed by atoms with Gasteiger partial charge in [0.25, 0.3) is 0 Å². The molecule has 0 spiro atoms. The molecule has 0 saturated heterocycles. The van der Waals surface area contributed by atoms with Gasteiger partial charge in [-0.15, -0.1) is 6.58 Å². The van der Waals surface area contributed by atoms with Gasteiger partial charge in [0, 0.05) is 12.7 Å². The summed E-state index contributed by atoms with van der Waals surface area (Å²) < 4.78 is 14.9. The number of aryl methyl sites for hydroxylation is 1. The van der Waals surface area contributed by atoms with Crippen molar-refractivity contribution in [3.05, 3.63) is 60.2 Å². The number of nitrogens with zero attached hydrogens (tertiary/aromatic N) is 2. The summed E-state index contributed by atoms with van der Waals surface area (Å²) in [7, 11) is 0. The normalized spacial score (nSPS) is 12.2. The first-order valence-corrected chi connectivity index (χ1v) is 6.27. The number of rotatable bonds is 5. The Bertz CT molecular complexity index is 557. The van der Waals surface area contributed by atoms with Crippen LogP contribution in [0.3, 0.4) is 0 Å². The maximum absolute atomic E-state index is 12.9. The van der Waals surface area contributed by atoms with Gasteiger partial charge in [-0.3, -0.25) is 0 Å². The summed E-state index contributed by atoms with van der Waals surface area (Å²) in [5.74, 6) is 0.578. The Balaban J connectivity index is 2.16. The topological polar surface area (TPSA) is 29.9 Å². The molecule has 0 fully saturated rings. The van der Waals surface area contributed by atoms with E-state index >= 15 is 0 Å². The van der Waals surface area contributed by atoms with Crippen LogP contribution in [0.25, 0.3) is 0 Å². The van der Waals surface area contributed by atoms with Crippen molar-refractivity contribution in [1.29, 1.82) is 0 Å². The predicted octanol–water partition coefficient (Wildman–Crippen LogP) is 3.69. The molecule has 2 aromatic rings. The molecule has 1 aromatic carbocycles. The molecule has 0 aliphatic rings. The van der Waals surface area contributed by atoms with Crippen LogP contribution < -0.4 is 5.32 Å². The van der Waals surface area contributed by atoms with Gasteiger partial charge in [-0.2, -0.15) is 0 Å². The highest BCUT2D eigenvalue weighted by Gasteiger charge is 2.10. The van der Waals surface area contributed by atoms with Crippen molar-refractivity contribution in [2.24, 2.45) is 0 Å². The Morgan fingerprint density at radius 2 is 2.11 bits per heavy atom. The summed E-state index contributed by atoms with van der Waals surface area (Å²) in [4.78, 5) is 4.44. The molecule has 19 heavy (non-hydrogen) atoms. The molecule has 0 saturated carbocycles. The van der Waals surface area contributed by atoms with E-state index in [1.165, 1.54) is 12.1 Å².